The number of aromatic nitrogens is 2. The number of hydrogen-bond acceptors (Lipinski definition) is 6. The molecule has 2 atom stereocenters. The van der Waals surface area contributed by atoms with Crippen LogP contribution in [0.3, 0.4) is 0 Å². The zero-order valence-corrected chi connectivity index (χ0v) is 19.7. The fourth-order valence-corrected chi connectivity index (χ4v) is 5.48. The topological polar surface area (TPSA) is 53.9 Å². The number of nitrogens with zero attached hydrogens (tertiary/aromatic N) is 5. The third-order valence-corrected chi connectivity index (χ3v) is 7.89. The molecule has 3 fully saturated rings. The van der Waals surface area contributed by atoms with E-state index in [1.165, 1.54) is 30.5 Å². The maximum absolute atomic E-state index is 6.24. The standard InChI is InChI=1S/C26H35N5O/c1-17(12-19-4-5-19)31-11-10-30(15-18(31)2)24-14-23(27-16-28-24)25-21-13-20(6-7-22(21)29-25)32-26(3)8-9-26/h13-14,16-19H,4-12,15H2,1-3H3. The van der Waals surface area contributed by atoms with Crippen molar-refractivity contribution in [3.63, 3.8) is 0 Å². The number of aliphatic imine (C=N–C) groups is 1. The van der Waals surface area contributed by atoms with Crippen LogP contribution in [-0.4, -0.2) is 57.9 Å². The molecule has 170 valence electrons. The molecule has 2 saturated carbocycles. The minimum atomic E-state index is 0.0715. The van der Waals surface area contributed by atoms with Gasteiger partial charge >= 0.3 is 0 Å². The second kappa shape index (κ2) is 7.68. The van der Waals surface area contributed by atoms with Crippen molar-refractivity contribution in [2.75, 3.05) is 24.5 Å². The normalized spacial score (nSPS) is 27.8. The molecule has 1 aromatic rings. The molecule has 0 aromatic carbocycles. The molecule has 2 aliphatic heterocycles. The van der Waals surface area contributed by atoms with Gasteiger partial charge in [-0.25, -0.2) is 15.0 Å². The molecule has 0 amide bonds. The van der Waals surface area contributed by atoms with E-state index in [1.54, 1.807) is 6.33 Å². The molecule has 0 N–H and O–H groups in total. The van der Waals surface area contributed by atoms with Gasteiger partial charge in [0.15, 0.2) is 0 Å². The Morgan fingerprint density at radius 1 is 1.19 bits per heavy atom. The van der Waals surface area contributed by atoms with Gasteiger partial charge in [-0.15, -0.1) is 0 Å². The second-order valence-corrected chi connectivity index (χ2v) is 10.8. The molecule has 1 saturated heterocycles. The third-order valence-electron chi connectivity index (χ3n) is 7.89. The van der Waals surface area contributed by atoms with Crippen molar-refractivity contribution in [2.45, 2.75) is 83.4 Å². The highest BCUT2D eigenvalue weighted by molar-refractivity contribution is 6.18. The van der Waals surface area contributed by atoms with Gasteiger partial charge in [-0.3, -0.25) is 4.90 Å². The fraction of sp³-hybridized carbons (Fsp3) is 0.654. The van der Waals surface area contributed by atoms with E-state index in [0.29, 0.717) is 12.1 Å². The first-order chi connectivity index (χ1) is 15.5. The zero-order valence-electron chi connectivity index (χ0n) is 19.7. The SMILES string of the molecule is CC(CC1CC1)N1CCN(c2cc(C3=NC4=C3C=C(OC3(C)CC3)CC4)ncn2)CC1C. The molecule has 6 heteroatoms. The van der Waals surface area contributed by atoms with Gasteiger partial charge in [0, 0.05) is 49.8 Å². The Morgan fingerprint density at radius 2 is 2.03 bits per heavy atom. The summed E-state index contributed by atoms with van der Waals surface area (Å²) in [7, 11) is 0. The van der Waals surface area contributed by atoms with Gasteiger partial charge in [-0.1, -0.05) is 12.8 Å². The summed E-state index contributed by atoms with van der Waals surface area (Å²) < 4.78 is 6.24. The Hall–Kier alpha value is -2.21. The molecule has 0 radical (unpaired) electrons. The number of hydrogen-bond donors (Lipinski definition) is 0. The quantitative estimate of drug-likeness (QED) is 0.635. The van der Waals surface area contributed by atoms with Crippen molar-refractivity contribution in [1.82, 2.24) is 14.9 Å². The third kappa shape index (κ3) is 3.98. The fourth-order valence-electron chi connectivity index (χ4n) is 5.48. The molecule has 32 heavy (non-hydrogen) atoms. The van der Waals surface area contributed by atoms with Crippen molar-refractivity contribution in [2.24, 2.45) is 10.9 Å². The smallest absolute Gasteiger partial charge is 0.132 e. The summed E-state index contributed by atoms with van der Waals surface area (Å²) in [6.45, 7) is 10.1. The minimum Gasteiger partial charge on any atom is -0.492 e. The molecule has 1 aromatic heterocycles. The number of ether oxygens (including phenoxy) is 1. The predicted molar refractivity (Wildman–Crippen MR) is 127 cm³/mol. The maximum Gasteiger partial charge on any atom is 0.132 e. The Labute approximate surface area is 191 Å². The lowest BCUT2D eigenvalue weighted by atomic mass is 9.91. The van der Waals surface area contributed by atoms with Crippen LogP contribution in [0.4, 0.5) is 5.82 Å². The van der Waals surface area contributed by atoms with Gasteiger partial charge in [0.25, 0.3) is 0 Å². The molecule has 6 rings (SSSR count). The summed E-state index contributed by atoms with van der Waals surface area (Å²) in [6, 6.07) is 3.35. The molecule has 2 unspecified atom stereocenters. The van der Waals surface area contributed by atoms with Crippen LogP contribution in [0.2, 0.25) is 0 Å². The average Bonchev–Trinajstić information content (AvgIpc) is 3.69. The summed E-state index contributed by atoms with van der Waals surface area (Å²) >= 11 is 0. The van der Waals surface area contributed by atoms with Gasteiger partial charge < -0.3 is 9.64 Å². The highest BCUT2D eigenvalue weighted by atomic mass is 16.5. The second-order valence-electron chi connectivity index (χ2n) is 10.8. The van der Waals surface area contributed by atoms with Crippen molar-refractivity contribution in [3.8, 4) is 0 Å². The largest absolute Gasteiger partial charge is 0.492 e. The van der Waals surface area contributed by atoms with Crippen LogP contribution < -0.4 is 4.90 Å². The summed E-state index contributed by atoms with van der Waals surface area (Å²) in [4.78, 5) is 19.1. The number of rotatable bonds is 7. The first kappa shape index (κ1) is 20.4. The lowest BCUT2D eigenvalue weighted by molar-refractivity contribution is 0.102. The Bertz CT molecular complexity index is 1000. The first-order valence-corrected chi connectivity index (χ1v) is 12.5. The molecular formula is C26H35N5O. The van der Waals surface area contributed by atoms with E-state index < -0.39 is 0 Å². The van der Waals surface area contributed by atoms with Gasteiger partial charge in [-0.2, -0.15) is 0 Å². The number of anilines is 1. The van der Waals surface area contributed by atoms with E-state index in [1.807, 2.05) is 0 Å². The molecule has 0 spiro atoms. The molecule has 0 bridgehead atoms. The Kier molecular flexibility index (Phi) is 4.90. The summed E-state index contributed by atoms with van der Waals surface area (Å²) in [5.74, 6) is 3.11. The van der Waals surface area contributed by atoms with E-state index in [4.69, 9.17) is 9.73 Å². The van der Waals surface area contributed by atoms with Crippen molar-refractivity contribution < 1.29 is 4.74 Å². The monoisotopic (exact) mass is 433 g/mol. The lowest BCUT2D eigenvalue weighted by Crippen LogP contribution is -2.55. The predicted octanol–water partition coefficient (Wildman–Crippen LogP) is 4.48. The Morgan fingerprint density at radius 3 is 2.78 bits per heavy atom. The van der Waals surface area contributed by atoms with Crippen molar-refractivity contribution in [3.05, 3.63) is 41.2 Å². The van der Waals surface area contributed by atoms with Crippen LogP contribution >= 0.6 is 0 Å². The van der Waals surface area contributed by atoms with Crippen molar-refractivity contribution in [1.29, 1.82) is 0 Å². The molecule has 3 heterocycles. The van der Waals surface area contributed by atoms with Gasteiger partial charge in [0.1, 0.15) is 17.7 Å². The van der Waals surface area contributed by atoms with Crippen LogP contribution in [0.1, 0.15) is 71.4 Å². The molecule has 3 aliphatic carbocycles. The summed E-state index contributed by atoms with van der Waals surface area (Å²) in [5, 5.41) is 0. The van der Waals surface area contributed by atoms with Crippen LogP contribution in [0.25, 0.3) is 0 Å². The highest BCUT2D eigenvalue weighted by Crippen LogP contribution is 2.44. The van der Waals surface area contributed by atoms with E-state index in [0.717, 1.165) is 74.2 Å². The number of allylic oxidation sites excluding steroid dienone is 4. The van der Waals surface area contributed by atoms with Gasteiger partial charge in [0.2, 0.25) is 0 Å². The van der Waals surface area contributed by atoms with Gasteiger partial charge in [-0.05, 0) is 58.4 Å². The molecule has 6 nitrogen and oxygen atoms in total. The molecule has 5 aliphatic rings. The highest BCUT2D eigenvalue weighted by Gasteiger charge is 2.41. The zero-order chi connectivity index (χ0) is 21.9. The lowest BCUT2D eigenvalue weighted by Gasteiger charge is -2.43. The summed E-state index contributed by atoms with van der Waals surface area (Å²) in [6.07, 6.45) is 12.4. The van der Waals surface area contributed by atoms with E-state index in [2.05, 4.69) is 52.7 Å². The van der Waals surface area contributed by atoms with E-state index in [9.17, 15) is 0 Å². The van der Waals surface area contributed by atoms with Crippen LogP contribution in [0.5, 0.6) is 0 Å². The molecular weight excluding hydrogens is 398 g/mol. The van der Waals surface area contributed by atoms with Crippen LogP contribution in [0.15, 0.2) is 40.5 Å². The van der Waals surface area contributed by atoms with Crippen LogP contribution in [-0.2, 0) is 4.74 Å². The van der Waals surface area contributed by atoms with E-state index in [-0.39, 0.29) is 5.60 Å². The average molecular weight is 434 g/mol. The Balaban J connectivity index is 1.13. The van der Waals surface area contributed by atoms with Crippen molar-refractivity contribution >= 4 is 11.5 Å². The van der Waals surface area contributed by atoms with E-state index >= 15 is 0 Å². The summed E-state index contributed by atoms with van der Waals surface area (Å²) in [5.41, 5.74) is 4.41. The number of piperazine rings is 1. The maximum atomic E-state index is 6.24. The minimum absolute atomic E-state index is 0.0715. The first-order valence-electron chi connectivity index (χ1n) is 12.5. The van der Waals surface area contributed by atoms with Gasteiger partial charge in [0.05, 0.1) is 22.9 Å². The van der Waals surface area contributed by atoms with Crippen LogP contribution in [0, 0.1) is 5.92 Å².